The van der Waals surface area contributed by atoms with Gasteiger partial charge in [-0.3, -0.25) is 9.12 Å². The molecule has 1 aromatic heterocycles. The average Bonchev–Trinajstić information content (AvgIpc) is 3.08. The third kappa shape index (κ3) is 5.65. The average molecular weight is 454 g/mol. The Morgan fingerprint density at radius 3 is 2.50 bits per heavy atom. The van der Waals surface area contributed by atoms with Crippen molar-refractivity contribution < 1.29 is 32.0 Å². The van der Waals surface area contributed by atoms with Crippen molar-refractivity contribution in [1.82, 2.24) is 9.55 Å². The van der Waals surface area contributed by atoms with Crippen LogP contribution in [0.25, 0.3) is 0 Å². The zero-order valence-corrected chi connectivity index (χ0v) is 16.1. The molecule has 14 heteroatoms. The standard InChI is InChI=1S/C8H8FN3O4S.C6H5ClO3S/c9-3-1-12(8(15)11-5(3)10)4-2-17-7(16-4)6(13)14;7-5-1-3-6(4-2-5)11(8,9)10/h1,4,7H,2H2,(H,13,14)(H2,10,11,15);1-4H,(H,8,9,10)/t4-,7+;/m0./s1. The minimum Gasteiger partial charge on any atom is -0.479 e. The third-order valence-electron chi connectivity index (χ3n) is 3.23. The third-order valence-corrected chi connectivity index (χ3v) is 5.44. The van der Waals surface area contributed by atoms with E-state index in [1.165, 1.54) is 24.3 Å². The number of carbonyl (C=O) groups is 1. The lowest BCUT2D eigenvalue weighted by Gasteiger charge is -2.12. The fourth-order valence-corrected chi connectivity index (χ4v) is 3.47. The number of anilines is 1. The SMILES string of the molecule is Nc1nc(=O)n([C@@H]2CS[C@H](C(=O)O)O2)cc1F.O=S(=O)(O)c1ccc(Cl)cc1. The molecular weight excluding hydrogens is 441 g/mol. The molecule has 0 amide bonds. The van der Waals surface area contributed by atoms with Crippen molar-refractivity contribution in [3.8, 4) is 0 Å². The van der Waals surface area contributed by atoms with E-state index in [9.17, 15) is 22.4 Å². The van der Waals surface area contributed by atoms with Gasteiger partial charge >= 0.3 is 11.7 Å². The summed E-state index contributed by atoms with van der Waals surface area (Å²) in [5, 5.41) is 9.13. The van der Waals surface area contributed by atoms with Crippen LogP contribution in [0.5, 0.6) is 0 Å². The second-order valence-corrected chi connectivity index (χ2v) is 8.14. The van der Waals surface area contributed by atoms with Crippen molar-refractivity contribution in [3.05, 3.63) is 51.8 Å². The lowest BCUT2D eigenvalue weighted by Crippen LogP contribution is -2.30. The molecule has 10 nitrogen and oxygen atoms in total. The molecular formula is C14H13ClFN3O7S2. The number of aromatic nitrogens is 2. The molecule has 152 valence electrons. The van der Waals surface area contributed by atoms with Gasteiger partial charge in [-0.1, -0.05) is 11.6 Å². The van der Waals surface area contributed by atoms with Crippen LogP contribution in [0, 0.1) is 5.82 Å². The number of halogens is 2. The Labute approximate surface area is 166 Å². The maximum Gasteiger partial charge on any atom is 0.351 e. The number of thioether (sulfide) groups is 1. The minimum atomic E-state index is -4.08. The number of hydrogen-bond acceptors (Lipinski definition) is 8. The normalized spacial score (nSPS) is 19.0. The summed E-state index contributed by atoms with van der Waals surface area (Å²) in [5.41, 5.74) is 3.28. The van der Waals surface area contributed by atoms with E-state index < -0.39 is 45.1 Å². The van der Waals surface area contributed by atoms with Crippen LogP contribution in [0.1, 0.15) is 6.23 Å². The highest BCUT2D eigenvalue weighted by molar-refractivity contribution is 8.00. The zero-order valence-electron chi connectivity index (χ0n) is 13.7. The van der Waals surface area contributed by atoms with E-state index in [4.69, 9.17) is 31.7 Å². The van der Waals surface area contributed by atoms with Gasteiger partial charge in [0.2, 0.25) is 5.44 Å². The highest BCUT2D eigenvalue weighted by atomic mass is 35.5. The van der Waals surface area contributed by atoms with Gasteiger partial charge in [0.05, 0.1) is 11.1 Å². The van der Waals surface area contributed by atoms with Crippen LogP contribution in [0.2, 0.25) is 5.02 Å². The van der Waals surface area contributed by atoms with Crippen molar-refractivity contribution in [1.29, 1.82) is 0 Å². The largest absolute Gasteiger partial charge is 0.479 e. The molecule has 1 aromatic carbocycles. The van der Waals surface area contributed by atoms with E-state index in [0.29, 0.717) is 5.02 Å². The number of nitrogens with two attached hydrogens (primary N) is 1. The van der Waals surface area contributed by atoms with Gasteiger partial charge in [0.1, 0.15) is 6.23 Å². The molecule has 28 heavy (non-hydrogen) atoms. The van der Waals surface area contributed by atoms with Crippen molar-refractivity contribution >= 4 is 45.3 Å². The molecule has 0 radical (unpaired) electrons. The summed E-state index contributed by atoms with van der Waals surface area (Å²) in [6.45, 7) is 0. The highest BCUT2D eigenvalue weighted by Crippen LogP contribution is 2.31. The molecule has 0 spiro atoms. The molecule has 0 saturated carbocycles. The predicted molar refractivity (Wildman–Crippen MR) is 98.1 cm³/mol. The lowest BCUT2D eigenvalue weighted by atomic mass is 10.4. The number of rotatable bonds is 3. The number of carboxylic acid groups (broad SMARTS) is 1. The van der Waals surface area contributed by atoms with Crippen LogP contribution in [-0.4, -0.2) is 44.8 Å². The molecule has 2 atom stereocenters. The summed E-state index contributed by atoms with van der Waals surface area (Å²) in [7, 11) is -4.08. The number of carboxylic acids is 1. The highest BCUT2D eigenvalue weighted by Gasteiger charge is 2.33. The van der Waals surface area contributed by atoms with E-state index in [-0.39, 0.29) is 10.6 Å². The second kappa shape index (κ2) is 8.87. The van der Waals surface area contributed by atoms with E-state index in [0.717, 1.165) is 22.5 Å². The molecule has 1 aliphatic rings. The predicted octanol–water partition coefficient (Wildman–Crippen LogP) is 1.22. The van der Waals surface area contributed by atoms with Crippen LogP contribution in [0.3, 0.4) is 0 Å². The molecule has 0 aliphatic carbocycles. The molecule has 1 saturated heterocycles. The van der Waals surface area contributed by atoms with E-state index in [1.54, 1.807) is 0 Å². The Hall–Kier alpha value is -2.19. The maximum absolute atomic E-state index is 13.1. The van der Waals surface area contributed by atoms with Crippen molar-refractivity contribution in [3.63, 3.8) is 0 Å². The van der Waals surface area contributed by atoms with Gasteiger partial charge < -0.3 is 15.6 Å². The number of nitrogens with zero attached hydrogens (tertiary/aromatic N) is 2. The van der Waals surface area contributed by atoms with Gasteiger partial charge in [-0.25, -0.2) is 14.0 Å². The fraction of sp³-hybridized carbons (Fsp3) is 0.214. The van der Waals surface area contributed by atoms with Gasteiger partial charge in [0.25, 0.3) is 10.1 Å². The Kier molecular flexibility index (Phi) is 7.01. The Bertz CT molecular complexity index is 1030. The van der Waals surface area contributed by atoms with Gasteiger partial charge in [-0.2, -0.15) is 13.4 Å². The quantitative estimate of drug-likeness (QED) is 0.576. The number of hydrogen-bond donors (Lipinski definition) is 3. The van der Waals surface area contributed by atoms with Gasteiger partial charge in [0, 0.05) is 10.8 Å². The van der Waals surface area contributed by atoms with Crippen molar-refractivity contribution in [2.45, 2.75) is 16.6 Å². The molecule has 0 unspecified atom stereocenters. The number of ether oxygens (including phenoxy) is 1. The lowest BCUT2D eigenvalue weighted by molar-refractivity contribution is -0.147. The molecule has 4 N–H and O–H groups in total. The number of aliphatic carboxylic acids is 1. The van der Waals surface area contributed by atoms with Crippen LogP contribution in [0.4, 0.5) is 10.2 Å². The first-order valence-corrected chi connectivity index (χ1v) is 10.1. The Morgan fingerprint density at radius 2 is 2.00 bits per heavy atom. The van der Waals surface area contributed by atoms with Crippen LogP contribution >= 0.6 is 23.4 Å². The topological polar surface area (TPSA) is 162 Å². The van der Waals surface area contributed by atoms with Crippen LogP contribution < -0.4 is 11.4 Å². The first-order valence-electron chi connectivity index (χ1n) is 7.26. The molecule has 0 bridgehead atoms. The molecule has 2 heterocycles. The Morgan fingerprint density at radius 1 is 1.39 bits per heavy atom. The van der Waals surface area contributed by atoms with Crippen LogP contribution in [0.15, 0.2) is 40.2 Å². The summed E-state index contributed by atoms with van der Waals surface area (Å²) in [4.78, 5) is 25.2. The van der Waals surface area contributed by atoms with E-state index >= 15 is 0 Å². The monoisotopic (exact) mass is 453 g/mol. The van der Waals surface area contributed by atoms with E-state index in [1.807, 2.05) is 0 Å². The van der Waals surface area contributed by atoms with Gasteiger partial charge in [-0.15, -0.1) is 11.8 Å². The van der Waals surface area contributed by atoms with Gasteiger partial charge in [-0.05, 0) is 24.3 Å². The van der Waals surface area contributed by atoms with Crippen molar-refractivity contribution in [2.75, 3.05) is 11.5 Å². The smallest absolute Gasteiger partial charge is 0.351 e. The van der Waals surface area contributed by atoms with Crippen LogP contribution in [-0.2, 0) is 19.6 Å². The molecule has 2 aromatic rings. The summed E-state index contributed by atoms with van der Waals surface area (Å²) in [6, 6.07) is 5.25. The zero-order chi connectivity index (χ0) is 21.1. The number of nitrogen functional groups attached to an aromatic ring is 1. The Balaban J connectivity index is 0.000000221. The summed E-state index contributed by atoms with van der Waals surface area (Å²) < 4.78 is 48.5. The molecule has 3 rings (SSSR count). The summed E-state index contributed by atoms with van der Waals surface area (Å²) in [6.07, 6.45) is 0.0105. The first kappa shape index (κ1) is 22.1. The van der Waals surface area contributed by atoms with Crippen molar-refractivity contribution in [2.24, 2.45) is 0 Å². The maximum atomic E-state index is 13.1. The molecule has 1 fully saturated rings. The van der Waals surface area contributed by atoms with E-state index in [2.05, 4.69) is 4.98 Å². The summed E-state index contributed by atoms with van der Waals surface area (Å²) in [5.74, 6) is -2.26. The number of benzene rings is 1. The molecule has 1 aliphatic heterocycles. The fourth-order valence-electron chi connectivity index (χ4n) is 1.94. The minimum absolute atomic E-state index is 0.151. The second-order valence-electron chi connectivity index (χ2n) is 5.19. The first-order chi connectivity index (χ1) is 13.0. The van der Waals surface area contributed by atoms with Gasteiger partial charge in [0.15, 0.2) is 11.6 Å². The summed E-state index contributed by atoms with van der Waals surface area (Å²) >= 11 is 6.49.